The third kappa shape index (κ3) is 5.94. The fraction of sp³-hybridized carbons (Fsp3) is 0.321. The molecule has 186 valence electrons. The number of carbonyl (C=O) groups excluding carboxylic acids is 2. The van der Waals surface area contributed by atoms with Crippen LogP contribution in [0.4, 0.5) is 0 Å². The molecule has 0 saturated heterocycles. The summed E-state index contributed by atoms with van der Waals surface area (Å²) in [7, 11) is 0. The summed E-state index contributed by atoms with van der Waals surface area (Å²) in [5.74, 6) is -0.459. The Morgan fingerprint density at radius 2 is 1.78 bits per heavy atom. The van der Waals surface area contributed by atoms with Gasteiger partial charge in [-0.3, -0.25) is 14.6 Å². The number of fused-ring (bicyclic) bond motifs is 1. The van der Waals surface area contributed by atoms with Gasteiger partial charge >= 0.3 is 0 Å². The first kappa shape index (κ1) is 25.0. The number of para-hydroxylation sites is 1. The van der Waals surface area contributed by atoms with Crippen molar-refractivity contribution in [3.05, 3.63) is 90.3 Å². The van der Waals surface area contributed by atoms with Crippen LogP contribution in [-0.2, 0) is 22.6 Å². The number of pyridine rings is 1. The molecule has 2 heterocycles. The topological polar surface area (TPSA) is 93.0 Å². The molecule has 0 aliphatic carbocycles. The third-order valence-corrected chi connectivity index (χ3v) is 6.42. The first-order valence-corrected chi connectivity index (χ1v) is 12.2. The normalized spacial score (nSPS) is 12.3. The monoisotopic (exact) mass is 484 g/mol. The molecule has 0 bridgehead atoms. The van der Waals surface area contributed by atoms with E-state index < -0.39 is 11.6 Å². The first-order valence-electron chi connectivity index (χ1n) is 12.2. The molecule has 2 aromatic heterocycles. The van der Waals surface area contributed by atoms with Gasteiger partial charge in [0.2, 0.25) is 11.8 Å². The van der Waals surface area contributed by atoms with Gasteiger partial charge in [0.1, 0.15) is 18.1 Å². The van der Waals surface area contributed by atoms with E-state index in [1.807, 2.05) is 81.4 Å². The number of carbonyl (C=O) groups is 2. The van der Waals surface area contributed by atoms with E-state index in [4.69, 9.17) is 0 Å². The molecule has 8 heteroatoms. The van der Waals surface area contributed by atoms with Gasteiger partial charge in [-0.2, -0.15) is 0 Å². The predicted molar refractivity (Wildman–Crippen MR) is 139 cm³/mol. The molecule has 8 nitrogen and oxygen atoms in total. The average Bonchev–Trinajstić information content (AvgIpc) is 3.30. The molecule has 0 fully saturated rings. The van der Waals surface area contributed by atoms with Crippen molar-refractivity contribution in [2.75, 3.05) is 6.54 Å². The Bertz CT molecular complexity index is 1300. The Morgan fingerprint density at radius 1 is 1.03 bits per heavy atom. The van der Waals surface area contributed by atoms with Crippen molar-refractivity contribution in [2.24, 2.45) is 0 Å². The van der Waals surface area contributed by atoms with Gasteiger partial charge < -0.3 is 10.2 Å². The second-order valence-electron chi connectivity index (χ2n) is 9.47. The highest BCUT2D eigenvalue weighted by Crippen LogP contribution is 2.24. The van der Waals surface area contributed by atoms with Crippen LogP contribution in [-0.4, -0.2) is 48.8 Å². The number of nitrogens with zero attached hydrogens (tertiary/aromatic N) is 5. The van der Waals surface area contributed by atoms with Crippen molar-refractivity contribution in [1.29, 1.82) is 0 Å². The fourth-order valence-electron chi connectivity index (χ4n) is 4.05. The van der Waals surface area contributed by atoms with Gasteiger partial charge in [0, 0.05) is 30.0 Å². The molecule has 4 rings (SSSR count). The SMILES string of the molecule is CCC(C)(C)NC(=O)[C@H](c1cccnc1)N(CCc1ccccc1)C(=O)Cn1nnc2ccccc21. The number of hydrogen-bond donors (Lipinski definition) is 1. The minimum absolute atomic E-state index is 0.0312. The third-order valence-electron chi connectivity index (χ3n) is 6.42. The lowest BCUT2D eigenvalue weighted by atomic mass is 9.99. The Kier molecular flexibility index (Phi) is 7.73. The molecule has 1 N–H and O–H groups in total. The highest BCUT2D eigenvalue weighted by atomic mass is 16.2. The van der Waals surface area contributed by atoms with Crippen LogP contribution in [0.1, 0.15) is 44.4 Å². The molecule has 36 heavy (non-hydrogen) atoms. The van der Waals surface area contributed by atoms with Gasteiger partial charge in [-0.1, -0.05) is 60.7 Å². The zero-order valence-corrected chi connectivity index (χ0v) is 21.0. The highest BCUT2D eigenvalue weighted by molar-refractivity contribution is 5.89. The summed E-state index contributed by atoms with van der Waals surface area (Å²) in [6.07, 6.45) is 4.66. The first-order chi connectivity index (χ1) is 17.4. The van der Waals surface area contributed by atoms with Crippen molar-refractivity contribution >= 4 is 22.8 Å². The predicted octanol–water partition coefficient (Wildman–Crippen LogP) is 3.94. The van der Waals surface area contributed by atoms with Crippen molar-refractivity contribution in [1.82, 2.24) is 30.2 Å². The molecule has 0 spiro atoms. The van der Waals surface area contributed by atoms with Gasteiger partial charge in [-0.25, -0.2) is 4.68 Å². The molecule has 2 amide bonds. The number of rotatable bonds is 10. The molecule has 4 aromatic rings. The summed E-state index contributed by atoms with van der Waals surface area (Å²) in [5, 5.41) is 11.5. The zero-order chi connectivity index (χ0) is 25.5. The van der Waals surface area contributed by atoms with E-state index in [0.717, 1.165) is 17.5 Å². The van der Waals surface area contributed by atoms with Gasteiger partial charge in [-0.05, 0) is 50.5 Å². The number of hydrogen-bond acceptors (Lipinski definition) is 5. The quantitative estimate of drug-likeness (QED) is 0.368. The fourth-order valence-corrected chi connectivity index (χ4v) is 4.05. The van der Waals surface area contributed by atoms with Crippen LogP contribution in [0, 0.1) is 0 Å². The van der Waals surface area contributed by atoms with Crippen molar-refractivity contribution < 1.29 is 9.59 Å². The summed E-state index contributed by atoms with van der Waals surface area (Å²) in [4.78, 5) is 33.5. The Morgan fingerprint density at radius 3 is 2.50 bits per heavy atom. The summed E-state index contributed by atoms with van der Waals surface area (Å²) in [5.41, 5.74) is 2.80. The number of amides is 2. The number of benzene rings is 2. The van der Waals surface area contributed by atoms with E-state index in [0.29, 0.717) is 24.0 Å². The molecule has 0 aliphatic rings. The lowest BCUT2D eigenvalue weighted by Gasteiger charge is -2.34. The van der Waals surface area contributed by atoms with Crippen molar-refractivity contribution in [3.8, 4) is 0 Å². The Labute approximate surface area is 211 Å². The highest BCUT2D eigenvalue weighted by Gasteiger charge is 2.34. The standard InChI is InChI=1S/C28H32N6O2/c1-4-28(2,3)30-27(36)26(22-13-10-17-29-19-22)33(18-16-21-11-6-5-7-12-21)25(35)20-34-24-15-9-8-14-23(24)31-32-34/h5-15,17,19,26H,4,16,18,20H2,1-3H3,(H,30,36)/t26-/m0/s1. The minimum atomic E-state index is -0.837. The maximum atomic E-state index is 13.9. The molecular formula is C28H32N6O2. The van der Waals surface area contributed by atoms with E-state index in [1.54, 1.807) is 28.0 Å². The van der Waals surface area contributed by atoms with E-state index in [9.17, 15) is 9.59 Å². The maximum Gasteiger partial charge on any atom is 0.247 e. The van der Waals surface area contributed by atoms with E-state index in [-0.39, 0.29) is 18.4 Å². The number of aromatic nitrogens is 4. The average molecular weight is 485 g/mol. The smallest absolute Gasteiger partial charge is 0.247 e. The summed E-state index contributed by atoms with van der Waals surface area (Å²) < 4.78 is 1.58. The van der Waals surface area contributed by atoms with Gasteiger partial charge in [0.05, 0.1) is 5.52 Å². The largest absolute Gasteiger partial charge is 0.349 e. The molecule has 0 radical (unpaired) electrons. The van der Waals surface area contributed by atoms with Gasteiger partial charge in [0.25, 0.3) is 0 Å². The van der Waals surface area contributed by atoms with Crippen LogP contribution in [0.2, 0.25) is 0 Å². The van der Waals surface area contributed by atoms with Crippen LogP contribution in [0.15, 0.2) is 79.1 Å². The van der Waals surface area contributed by atoms with Crippen molar-refractivity contribution in [3.63, 3.8) is 0 Å². The van der Waals surface area contributed by atoms with E-state index >= 15 is 0 Å². The van der Waals surface area contributed by atoms with Gasteiger partial charge in [-0.15, -0.1) is 5.10 Å². The van der Waals surface area contributed by atoms with Crippen LogP contribution in [0.25, 0.3) is 11.0 Å². The number of nitrogens with one attached hydrogen (secondary N) is 1. The second-order valence-corrected chi connectivity index (χ2v) is 9.47. The Hall–Kier alpha value is -4.07. The molecule has 1 atom stereocenters. The van der Waals surface area contributed by atoms with Crippen LogP contribution in [0.3, 0.4) is 0 Å². The van der Waals surface area contributed by atoms with Crippen molar-refractivity contribution in [2.45, 2.75) is 51.7 Å². The molecule has 0 aliphatic heterocycles. The minimum Gasteiger partial charge on any atom is -0.349 e. The maximum absolute atomic E-state index is 13.9. The lowest BCUT2D eigenvalue weighted by Crippen LogP contribution is -2.51. The molecule has 2 aromatic carbocycles. The lowest BCUT2D eigenvalue weighted by molar-refractivity contribution is -0.142. The second kappa shape index (κ2) is 11.1. The van der Waals surface area contributed by atoms with Crippen LogP contribution < -0.4 is 5.32 Å². The summed E-state index contributed by atoms with van der Waals surface area (Å²) in [6.45, 7) is 6.30. The molecular weight excluding hydrogens is 452 g/mol. The summed E-state index contributed by atoms with van der Waals surface area (Å²) in [6, 6.07) is 20.2. The van der Waals surface area contributed by atoms with Gasteiger partial charge in [0.15, 0.2) is 0 Å². The Balaban J connectivity index is 1.70. The summed E-state index contributed by atoms with van der Waals surface area (Å²) >= 11 is 0. The van der Waals surface area contributed by atoms with Crippen LogP contribution in [0.5, 0.6) is 0 Å². The van der Waals surface area contributed by atoms with E-state index in [1.165, 1.54) is 0 Å². The zero-order valence-electron chi connectivity index (χ0n) is 21.0. The molecule has 0 unspecified atom stereocenters. The van der Waals surface area contributed by atoms with E-state index in [2.05, 4.69) is 20.6 Å². The molecule has 0 saturated carbocycles. The van der Waals surface area contributed by atoms with Crippen LogP contribution >= 0.6 is 0 Å².